The molecule has 0 saturated carbocycles. The number of phosphoric ester groups is 1. The molecule has 11 nitrogen and oxygen atoms in total. The molecule has 2 amide bonds. The highest BCUT2D eigenvalue weighted by Gasteiger charge is 2.40. The van der Waals surface area contributed by atoms with Crippen LogP contribution in [0.5, 0.6) is 0 Å². The first kappa shape index (κ1) is 25.6. The fraction of sp³-hybridized carbons (Fsp3) is 0.292. The second-order valence-corrected chi connectivity index (χ2v) is 10.3. The number of carbonyl (C=O) groups is 2. The molecule has 12 heteroatoms. The Labute approximate surface area is 207 Å². The number of nitrogens with one attached hydrogen (secondary N) is 1. The maximum Gasteiger partial charge on any atom is 0.471 e. The van der Waals surface area contributed by atoms with E-state index < -0.39 is 26.0 Å². The van der Waals surface area contributed by atoms with E-state index >= 15 is 0 Å². The number of aromatic nitrogens is 1. The Morgan fingerprint density at radius 3 is 2.75 bits per heavy atom. The van der Waals surface area contributed by atoms with Gasteiger partial charge in [-0.15, -0.1) is 0 Å². The van der Waals surface area contributed by atoms with Crippen LogP contribution in [0.1, 0.15) is 30.7 Å². The van der Waals surface area contributed by atoms with Crippen LogP contribution in [-0.4, -0.2) is 50.8 Å². The molecule has 0 bridgehead atoms. The number of nitrogens with zero attached hydrogens (tertiary/aromatic N) is 3. The fourth-order valence-electron chi connectivity index (χ4n) is 3.91. The molecule has 1 aliphatic rings. The predicted molar refractivity (Wildman–Crippen MR) is 134 cm³/mol. The van der Waals surface area contributed by atoms with Gasteiger partial charge in [0.2, 0.25) is 5.91 Å². The Balaban J connectivity index is 1.50. The molecular formula is C24H27N4O7P. The van der Waals surface area contributed by atoms with Gasteiger partial charge in [0.05, 0.1) is 12.2 Å². The van der Waals surface area contributed by atoms with Crippen molar-refractivity contribution in [3.05, 3.63) is 59.5 Å². The molecular weight excluding hydrogens is 487 g/mol. The second kappa shape index (κ2) is 9.51. The Kier molecular flexibility index (Phi) is 6.76. The SMILES string of the molecule is Cc1c(CN(C)C(=O)C=Cc2cnc3c(c2)NC(C)(C)C(=O)N3COP(=O)(O)O)oc2ccccc12. The van der Waals surface area contributed by atoms with E-state index in [1.807, 2.05) is 31.2 Å². The van der Waals surface area contributed by atoms with E-state index in [2.05, 4.69) is 14.8 Å². The first-order valence-electron chi connectivity index (χ1n) is 11.1. The molecule has 4 rings (SSSR count). The number of phosphoric acid groups is 1. The van der Waals surface area contributed by atoms with Gasteiger partial charge in [-0.3, -0.25) is 19.0 Å². The van der Waals surface area contributed by atoms with Gasteiger partial charge in [0.15, 0.2) is 5.82 Å². The summed E-state index contributed by atoms with van der Waals surface area (Å²) in [6, 6.07) is 9.39. The number of benzene rings is 1. The lowest BCUT2D eigenvalue weighted by Crippen LogP contribution is -2.54. The van der Waals surface area contributed by atoms with Crippen LogP contribution in [0, 0.1) is 6.92 Å². The van der Waals surface area contributed by atoms with Crippen molar-refractivity contribution in [1.29, 1.82) is 0 Å². The Morgan fingerprint density at radius 1 is 1.33 bits per heavy atom. The van der Waals surface area contributed by atoms with Crippen molar-refractivity contribution in [2.75, 3.05) is 24.0 Å². The Hall–Kier alpha value is -3.50. The number of furan rings is 1. The topological polar surface area (TPSA) is 145 Å². The molecule has 0 radical (unpaired) electrons. The van der Waals surface area contributed by atoms with E-state index in [4.69, 9.17) is 14.2 Å². The molecule has 36 heavy (non-hydrogen) atoms. The minimum absolute atomic E-state index is 0.161. The van der Waals surface area contributed by atoms with Crippen LogP contribution in [-0.2, 0) is 25.2 Å². The van der Waals surface area contributed by atoms with Gasteiger partial charge in [0.25, 0.3) is 5.91 Å². The van der Waals surface area contributed by atoms with Crippen LogP contribution in [0.15, 0.2) is 47.0 Å². The highest BCUT2D eigenvalue weighted by atomic mass is 31.2. The van der Waals surface area contributed by atoms with Crippen LogP contribution < -0.4 is 10.2 Å². The van der Waals surface area contributed by atoms with Gasteiger partial charge in [-0.05, 0) is 44.5 Å². The zero-order valence-electron chi connectivity index (χ0n) is 20.3. The van der Waals surface area contributed by atoms with E-state index in [0.29, 0.717) is 23.6 Å². The molecule has 3 N–H and O–H groups in total. The van der Waals surface area contributed by atoms with Crippen LogP contribution >= 0.6 is 7.82 Å². The highest BCUT2D eigenvalue weighted by Crippen LogP contribution is 2.39. The van der Waals surface area contributed by atoms with Gasteiger partial charge >= 0.3 is 7.82 Å². The van der Waals surface area contributed by atoms with Crippen molar-refractivity contribution >= 4 is 48.2 Å². The first-order chi connectivity index (χ1) is 16.9. The summed E-state index contributed by atoms with van der Waals surface area (Å²) in [5, 5.41) is 4.08. The van der Waals surface area contributed by atoms with Crippen molar-refractivity contribution in [3.63, 3.8) is 0 Å². The Morgan fingerprint density at radius 2 is 2.06 bits per heavy atom. The minimum Gasteiger partial charge on any atom is -0.459 e. The number of rotatable bonds is 7. The molecule has 0 spiro atoms. The average molecular weight is 514 g/mol. The molecule has 0 unspecified atom stereocenters. The third kappa shape index (κ3) is 5.34. The molecule has 3 heterocycles. The van der Waals surface area contributed by atoms with Gasteiger partial charge in [0, 0.05) is 30.3 Å². The van der Waals surface area contributed by atoms with Crippen molar-refractivity contribution in [2.24, 2.45) is 0 Å². The number of amides is 2. The van der Waals surface area contributed by atoms with Crippen LogP contribution in [0.3, 0.4) is 0 Å². The van der Waals surface area contributed by atoms with Gasteiger partial charge in [-0.2, -0.15) is 0 Å². The van der Waals surface area contributed by atoms with Crippen molar-refractivity contribution in [3.8, 4) is 0 Å². The quantitative estimate of drug-likeness (QED) is 0.319. The second-order valence-electron chi connectivity index (χ2n) is 9.05. The van der Waals surface area contributed by atoms with E-state index in [-0.39, 0.29) is 11.7 Å². The lowest BCUT2D eigenvalue weighted by Gasteiger charge is -2.38. The van der Waals surface area contributed by atoms with Gasteiger partial charge in [-0.1, -0.05) is 18.2 Å². The molecule has 0 aliphatic carbocycles. The number of hydrogen-bond acceptors (Lipinski definition) is 7. The monoisotopic (exact) mass is 514 g/mol. The molecule has 1 aromatic carbocycles. The minimum atomic E-state index is -4.79. The van der Waals surface area contributed by atoms with Crippen LogP contribution in [0.2, 0.25) is 0 Å². The molecule has 2 aromatic heterocycles. The third-order valence-corrected chi connectivity index (χ3v) is 6.30. The van der Waals surface area contributed by atoms with Gasteiger partial charge in [0.1, 0.15) is 23.6 Å². The smallest absolute Gasteiger partial charge is 0.459 e. The van der Waals surface area contributed by atoms with E-state index in [1.54, 1.807) is 33.0 Å². The summed E-state index contributed by atoms with van der Waals surface area (Å²) in [6.07, 6.45) is 4.46. The summed E-state index contributed by atoms with van der Waals surface area (Å²) in [5.74, 6) is 0.169. The number of carbonyl (C=O) groups excluding carboxylic acids is 2. The van der Waals surface area contributed by atoms with E-state index in [0.717, 1.165) is 21.4 Å². The third-order valence-electron chi connectivity index (χ3n) is 5.84. The normalized spacial score (nSPS) is 15.3. The van der Waals surface area contributed by atoms with Crippen LogP contribution in [0.25, 0.3) is 17.0 Å². The maximum absolute atomic E-state index is 12.8. The van der Waals surface area contributed by atoms with Crippen molar-refractivity contribution < 1.29 is 32.9 Å². The summed E-state index contributed by atoms with van der Waals surface area (Å²) in [7, 11) is -3.11. The highest BCUT2D eigenvalue weighted by molar-refractivity contribution is 7.46. The molecule has 3 aromatic rings. The number of fused-ring (bicyclic) bond motifs is 2. The summed E-state index contributed by atoms with van der Waals surface area (Å²) in [4.78, 5) is 50.4. The van der Waals surface area contributed by atoms with E-state index in [1.165, 1.54) is 17.2 Å². The number of likely N-dealkylation sites (N-methyl/N-ethyl adjacent to an activating group) is 1. The van der Waals surface area contributed by atoms with E-state index in [9.17, 15) is 14.2 Å². The molecule has 0 fully saturated rings. The number of hydrogen-bond donors (Lipinski definition) is 3. The fourth-order valence-corrected chi connectivity index (χ4v) is 4.18. The standard InChI is InChI=1S/C24H27N4O7P/c1-15-17-7-5-6-8-19(17)35-20(15)13-27(4)21(29)10-9-16-11-18-22(25-12-16)28(14-34-36(31,32)33)23(30)24(2,3)26-18/h5-12,26H,13-14H2,1-4H3,(H2,31,32,33). The summed E-state index contributed by atoms with van der Waals surface area (Å²) in [6.45, 7) is 4.86. The number of aryl methyl sites for hydroxylation is 1. The van der Waals surface area contributed by atoms with Crippen molar-refractivity contribution in [1.82, 2.24) is 9.88 Å². The number of para-hydroxylation sites is 1. The zero-order valence-corrected chi connectivity index (χ0v) is 21.2. The van der Waals surface area contributed by atoms with Crippen LogP contribution in [0.4, 0.5) is 11.5 Å². The number of pyridine rings is 1. The summed E-state index contributed by atoms with van der Waals surface area (Å²) >= 11 is 0. The predicted octanol–water partition coefficient (Wildman–Crippen LogP) is 3.41. The molecule has 190 valence electrons. The average Bonchev–Trinajstić information content (AvgIpc) is 3.12. The van der Waals surface area contributed by atoms with Gasteiger partial charge in [-0.25, -0.2) is 9.55 Å². The Bertz CT molecular complexity index is 1410. The van der Waals surface area contributed by atoms with Crippen molar-refractivity contribution in [2.45, 2.75) is 32.9 Å². The molecule has 1 aliphatic heterocycles. The first-order valence-corrected chi connectivity index (χ1v) is 12.6. The lowest BCUT2D eigenvalue weighted by atomic mass is 9.99. The van der Waals surface area contributed by atoms with Gasteiger partial charge < -0.3 is 24.4 Å². The zero-order chi connectivity index (χ0) is 26.3. The summed E-state index contributed by atoms with van der Waals surface area (Å²) < 4.78 is 21.6. The summed E-state index contributed by atoms with van der Waals surface area (Å²) in [5.41, 5.74) is 1.73. The lowest BCUT2D eigenvalue weighted by molar-refractivity contribution is -0.125. The molecule has 0 saturated heterocycles. The number of anilines is 2. The maximum atomic E-state index is 12.8. The largest absolute Gasteiger partial charge is 0.471 e. The molecule has 0 atom stereocenters.